The molecule has 2 aromatic carbocycles. The number of halogens is 1. The van der Waals surface area contributed by atoms with Crippen molar-refractivity contribution in [1.82, 2.24) is 20.0 Å². The summed E-state index contributed by atoms with van der Waals surface area (Å²) < 4.78 is 19.6. The number of nitrogens with zero attached hydrogens (tertiary/aromatic N) is 3. The Kier molecular flexibility index (Phi) is 5.70. The van der Waals surface area contributed by atoms with Gasteiger partial charge < -0.3 is 14.4 Å². The first-order valence-electron chi connectivity index (χ1n) is 9.61. The van der Waals surface area contributed by atoms with Crippen LogP contribution in [-0.2, 0) is 17.9 Å². The minimum absolute atomic E-state index is 0.174. The normalized spacial score (nSPS) is 10.8. The summed E-state index contributed by atoms with van der Waals surface area (Å²) in [6, 6.07) is 16.4. The number of nitrogens with one attached hydrogen (secondary N) is 1. The lowest BCUT2D eigenvalue weighted by Gasteiger charge is -2.08. The highest BCUT2D eigenvalue weighted by atomic mass is 19.1. The van der Waals surface area contributed by atoms with Crippen molar-refractivity contribution in [3.63, 3.8) is 0 Å². The molecule has 156 valence electrons. The highest BCUT2D eigenvalue weighted by Gasteiger charge is 2.13. The van der Waals surface area contributed by atoms with E-state index in [-0.39, 0.29) is 36.3 Å². The third kappa shape index (κ3) is 4.92. The van der Waals surface area contributed by atoms with Gasteiger partial charge in [-0.1, -0.05) is 47.1 Å². The van der Waals surface area contributed by atoms with E-state index >= 15 is 0 Å². The van der Waals surface area contributed by atoms with Crippen LogP contribution in [0.2, 0.25) is 0 Å². The maximum absolute atomic E-state index is 13.0. The molecule has 0 radical (unpaired) electrons. The lowest BCUT2D eigenvalue weighted by Crippen LogP contribution is -2.31. The molecule has 0 saturated carbocycles. The van der Waals surface area contributed by atoms with Crippen molar-refractivity contribution < 1.29 is 13.7 Å². The first-order chi connectivity index (χ1) is 15.0. The molecule has 1 N–H and O–H groups in total. The third-order valence-electron chi connectivity index (χ3n) is 4.68. The SMILES string of the molecule is Cc1ccc(-c2noc(-c3ccc(=O)n(CC(=O)NCc4ccc(F)cc4)c3)n2)cc1. The number of hydrogen-bond acceptors (Lipinski definition) is 5. The number of pyridine rings is 1. The van der Waals surface area contributed by atoms with Gasteiger partial charge in [0.1, 0.15) is 12.4 Å². The predicted molar refractivity (Wildman–Crippen MR) is 112 cm³/mol. The van der Waals surface area contributed by atoms with Crippen molar-refractivity contribution >= 4 is 5.91 Å². The van der Waals surface area contributed by atoms with Gasteiger partial charge in [0.15, 0.2) is 0 Å². The average Bonchev–Trinajstić information content (AvgIpc) is 3.26. The summed E-state index contributed by atoms with van der Waals surface area (Å²) in [6.07, 6.45) is 1.51. The molecule has 0 aliphatic rings. The molecule has 0 spiro atoms. The minimum Gasteiger partial charge on any atom is -0.350 e. The zero-order chi connectivity index (χ0) is 21.8. The number of benzene rings is 2. The summed E-state index contributed by atoms with van der Waals surface area (Å²) in [6.45, 7) is 2.05. The topological polar surface area (TPSA) is 90.0 Å². The van der Waals surface area contributed by atoms with E-state index in [1.54, 1.807) is 18.2 Å². The fourth-order valence-electron chi connectivity index (χ4n) is 2.96. The quantitative estimate of drug-likeness (QED) is 0.519. The number of carbonyl (C=O) groups excluding carboxylic acids is 1. The molecule has 0 saturated heterocycles. The van der Waals surface area contributed by atoms with Gasteiger partial charge in [-0.2, -0.15) is 4.98 Å². The molecule has 8 heteroatoms. The molecule has 2 heterocycles. The molecule has 0 atom stereocenters. The first kappa shape index (κ1) is 20.2. The summed E-state index contributed by atoms with van der Waals surface area (Å²) in [7, 11) is 0. The van der Waals surface area contributed by atoms with Crippen LogP contribution in [0.15, 0.2) is 76.2 Å². The molecule has 0 fully saturated rings. The van der Waals surface area contributed by atoms with E-state index in [0.717, 1.165) is 16.7 Å². The predicted octanol–water partition coefficient (Wildman–Crippen LogP) is 3.33. The van der Waals surface area contributed by atoms with Crippen molar-refractivity contribution in [3.05, 3.63) is 94.2 Å². The molecular formula is C23H19FN4O3. The van der Waals surface area contributed by atoms with Gasteiger partial charge >= 0.3 is 0 Å². The van der Waals surface area contributed by atoms with E-state index in [0.29, 0.717) is 11.4 Å². The molecule has 0 aliphatic heterocycles. The number of aryl methyl sites for hydroxylation is 1. The summed E-state index contributed by atoms with van der Waals surface area (Å²) in [5.41, 5.74) is 2.88. The molecule has 7 nitrogen and oxygen atoms in total. The van der Waals surface area contributed by atoms with Gasteiger partial charge in [0.25, 0.3) is 11.4 Å². The van der Waals surface area contributed by atoms with E-state index in [1.807, 2.05) is 31.2 Å². The maximum Gasteiger partial charge on any atom is 0.259 e. The van der Waals surface area contributed by atoms with Crippen molar-refractivity contribution in [3.8, 4) is 22.8 Å². The Balaban J connectivity index is 1.47. The second-order valence-electron chi connectivity index (χ2n) is 7.08. The molecule has 0 unspecified atom stereocenters. The Morgan fingerprint density at radius 2 is 1.74 bits per heavy atom. The van der Waals surface area contributed by atoms with Crippen LogP contribution in [0.3, 0.4) is 0 Å². The van der Waals surface area contributed by atoms with Gasteiger partial charge in [-0.3, -0.25) is 9.59 Å². The molecule has 0 aliphatic carbocycles. The third-order valence-corrected chi connectivity index (χ3v) is 4.68. The summed E-state index contributed by atoms with van der Waals surface area (Å²) in [5, 5.41) is 6.71. The number of rotatable bonds is 6. The van der Waals surface area contributed by atoms with E-state index in [1.165, 1.54) is 29.0 Å². The second-order valence-corrected chi connectivity index (χ2v) is 7.08. The first-order valence-corrected chi connectivity index (χ1v) is 9.61. The Morgan fingerprint density at radius 1 is 1.03 bits per heavy atom. The van der Waals surface area contributed by atoms with Crippen molar-refractivity contribution in [2.45, 2.75) is 20.0 Å². The highest BCUT2D eigenvalue weighted by Crippen LogP contribution is 2.21. The van der Waals surface area contributed by atoms with Crippen LogP contribution in [0.1, 0.15) is 11.1 Å². The van der Waals surface area contributed by atoms with Crippen molar-refractivity contribution in [2.75, 3.05) is 0 Å². The van der Waals surface area contributed by atoms with Crippen LogP contribution in [0, 0.1) is 12.7 Å². The standard InChI is InChI=1S/C23H19FN4O3/c1-15-2-6-17(7-3-15)22-26-23(31-27-22)18-8-11-21(30)28(13-18)14-20(29)25-12-16-4-9-19(24)10-5-16/h2-11,13H,12,14H2,1H3,(H,25,29). The second kappa shape index (κ2) is 8.74. The Morgan fingerprint density at radius 3 is 2.48 bits per heavy atom. The fraction of sp³-hybridized carbons (Fsp3) is 0.130. The minimum atomic E-state index is -0.352. The Labute approximate surface area is 177 Å². The Bertz CT molecular complexity index is 1260. The van der Waals surface area contributed by atoms with Crippen LogP contribution in [-0.4, -0.2) is 20.6 Å². The van der Waals surface area contributed by atoms with Crippen LogP contribution in [0.4, 0.5) is 4.39 Å². The van der Waals surface area contributed by atoms with Gasteiger partial charge in [0.05, 0.1) is 5.56 Å². The number of hydrogen-bond donors (Lipinski definition) is 1. The number of aromatic nitrogens is 3. The van der Waals surface area contributed by atoms with Crippen LogP contribution in [0.25, 0.3) is 22.8 Å². The summed E-state index contributed by atoms with van der Waals surface area (Å²) in [4.78, 5) is 28.8. The molecule has 4 rings (SSSR count). The zero-order valence-corrected chi connectivity index (χ0v) is 16.7. The van der Waals surface area contributed by atoms with Gasteiger partial charge in [-0.25, -0.2) is 4.39 Å². The van der Waals surface area contributed by atoms with E-state index in [4.69, 9.17) is 4.52 Å². The van der Waals surface area contributed by atoms with E-state index in [2.05, 4.69) is 15.5 Å². The Hall–Kier alpha value is -4.07. The van der Waals surface area contributed by atoms with Gasteiger partial charge in [0.2, 0.25) is 11.7 Å². The van der Waals surface area contributed by atoms with Gasteiger partial charge in [-0.15, -0.1) is 0 Å². The number of carbonyl (C=O) groups is 1. The van der Waals surface area contributed by atoms with E-state index in [9.17, 15) is 14.0 Å². The molecule has 31 heavy (non-hydrogen) atoms. The number of amides is 1. The van der Waals surface area contributed by atoms with Gasteiger partial charge in [0, 0.05) is 24.4 Å². The largest absolute Gasteiger partial charge is 0.350 e. The smallest absolute Gasteiger partial charge is 0.259 e. The van der Waals surface area contributed by atoms with Crippen LogP contribution < -0.4 is 10.9 Å². The average molecular weight is 418 g/mol. The molecule has 2 aromatic heterocycles. The van der Waals surface area contributed by atoms with E-state index < -0.39 is 0 Å². The maximum atomic E-state index is 13.0. The highest BCUT2D eigenvalue weighted by molar-refractivity contribution is 5.75. The molecule has 1 amide bonds. The van der Waals surface area contributed by atoms with Crippen molar-refractivity contribution in [1.29, 1.82) is 0 Å². The van der Waals surface area contributed by atoms with Crippen LogP contribution >= 0.6 is 0 Å². The summed E-state index contributed by atoms with van der Waals surface area (Å²) in [5.74, 6) is -0.0136. The summed E-state index contributed by atoms with van der Waals surface area (Å²) >= 11 is 0. The fourth-order valence-corrected chi connectivity index (χ4v) is 2.96. The molecule has 0 bridgehead atoms. The zero-order valence-electron chi connectivity index (χ0n) is 16.7. The lowest BCUT2D eigenvalue weighted by molar-refractivity contribution is -0.121. The van der Waals surface area contributed by atoms with Crippen LogP contribution in [0.5, 0.6) is 0 Å². The van der Waals surface area contributed by atoms with Gasteiger partial charge in [-0.05, 0) is 30.7 Å². The molecular weight excluding hydrogens is 399 g/mol. The lowest BCUT2D eigenvalue weighted by atomic mass is 10.1. The van der Waals surface area contributed by atoms with Crippen molar-refractivity contribution in [2.24, 2.45) is 0 Å². The monoisotopic (exact) mass is 418 g/mol. The molecule has 4 aromatic rings.